The highest BCUT2D eigenvalue weighted by Gasteiger charge is 2.19. The third-order valence-corrected chi connectivity index (χ3v) is 3.91. The van der Waals surface area contributed by atoms with Crippen molar-refractivity contribution >= 4 is 11.6 Å². The van der Waals surface area contributed by atoms with E-state index in [0.717, 1.165) is 11.1 Å². The molecule has 4 rings (SSSR count). The number of rotatable bonds is 4. The number of imidazole rings is 1. The van der Waals surface area contributed by atoms with Gasteiger partial charge in [-0.15, -0.1) is 0 Å². The first kappa shape index (κ1) is 15.9. The fourth-order valence-electron chi connectivity index (χ4n) is 2.57. The van der Waals surface area contributed by atoms with Gasteiger partial charge in [0.25, 0.3) is 5.91 Å². The first-order valence-electron chi connectivity index (χ1n) is 8.10. The minimum Gasteiger partial charge on any atom is -0.339 e. The largest absolute Gasteiger partial charge is 0.339 e. The molecular formula is C18H16N6O2. The molecule has 1 atom stereocenters. The zero-order valence-electron chi connectivity index (χ0n) is 14.2. The van der Waals surface area contributed by atoms with Gasteiger partial charge in [-0.3, -0.25) is 9.78 Å². The molecule has 4 aromatic rings. The highest BCUT2D eigenvalue weighted by molar-refractivity contribution is 5.93. The molecule has 0 unspecified atom stereocenters. The topological polar surface area (TPSA) is 98.2 Å². The van der Waals surface area contributed by atoms with Crippen LogP contribution in [0.2, 0.25) is 0 Å². The quantitative estimate of drug-likeness (QED) is 0.609. The van der Waals surface area contributed by atoms with Gasteiger partial charge in [-0.25, -0.2) is 4.98 Å². The van der Waals surface area contributed by atoms with Gasteiger partial charge in [0.1, 0.15) is 17.4 Å². The van der Waals surface area contributed by atoms with Gasteiger partial charge in [-0.1, -0.05) is 11.2 Å². The minimum absolute atomic E-state index is 0.306. The van der Waals surface area contributed by atoms with Crippen LogP contribution >= 0.6 is 0 Å². The fraction of sp³-hybridized carbons (Fsp3) is 0.167. The Bertz CT molecular complexity index is 1070. The van der Waals surface area contributed by atoms with Crippen molar-refractivity contribution in [3.05, 3.63) is 66.2 Å². The van der Waals surface area contributed by atoms with E-state index in [0.29, 0.717) is 23.1 Å². The van der Waals surface area contributed by atoms with Crippen LogP contribution in [0.5, 0.6) is 0 Å². The summed E-state index contributed by atoms with van der Waals surface area (Å²) >= 11 is 0. The monoisotopic (exact) mass is 348 g/mol. The number of amides is 1. The lowest BCUT2D eigenvalue weighted by Gasteiger charge is -2.07. The summed E-state index contributed by atoms with van der Waals surface area (Å²) in [6.07, 6.45) is 6.93. The highest BCUT2D eigenvalue weighted by Crippen LogP contribution is 2.18. The third kappa shape index (κ3) is 3.04. The smallest absolute Gasteiger partial charge is 0.272 e. The molecule has 4 aromatic heterocycles. The third-order valence-electron chi connectivity index (χ3n) is 3.91. The first-order chi connectivity index (χ1) is 12.6. The van der Waals surface area contributed by atoms with Crippen molar-refractivity contribution in [2.45, 2.75) is 19.9 Å². The molecule has 4 heterocycles. The average Bonchev–Trinajstić information content (AvgIpc) is 3.29. The van der Waals surface area contributed by atoms with Crippen molar-refractivity contribution in [1.29, 1.82) is 0 Å². The molecule has 0 aliphatic rings. The van der Waals surface area contributed by atoms with E-state index in [1.807, 2.05) is 35.7 Å². The molecule has 0 saturated carbocycles. The minimum atomic E-state index is -0.452. The van der Waals surface area contributed by atoms with Gasteiger partial charge >= 0.3 is 0 Å². The van der Waals surface area contributed by atoms with Crippen LogP contribution in [0, 0.1) is 6.92 Å². The van der Waals surface area contributed by atoms with Crippen LogP contribution in [0.3, 0.4) is 0 Å². The predicted octanol–water partition coefficient (Wildman–Crippen LogP) is 2.58. The number of nitrogens with one attached hydrogen (secondary N) is 1. The average molecular weight is 348 g/mol. The summed E-state index contributed by atoms with van der Waals surface area (Å²) in [5, 5.41) is 6.76. The normalized spacial score (nSPS) is 12.2. The number of pyridine rings is 2. The Labute approximate surface area is 148 Å². The van der Waals surface area contributed by atoms with E-state index in [4.69, 9.17) is 4.52 Å². The Morgan fingerprint density at radius 3 is 2.92 bits per heavy atom. The number of carbonyl (C=O) groups excluding carboxylic acids is 1. The summed E-state index contributed by atoms with van der Waals surface area (Å²) in [6.45, 7) is 3.76. The lowest BCUT2D eigenvalue weighted by Crippen LogP contribution is -2.27. The molecule has 1 amide bonds. The molecule has 8 heteroatoms. The Hall–Kier alpha value is -3.55. The van der Waals surface area contributed by atoms with Gasteiger partial charge in [0, 0.05) is 30.4 Å². The second-order valence-corrected chi connectivity index (χ2v) is 5.99. The molecule has 0 aliphatic carbocycles. The summed E-state index contributed by atoms with van der Waals surface area (Å²) in [7, 11) is 0. The van der Waals surface area contributed by atoms with E-state index >= 15 is 0 Å². The van der Waals surface area contributed by atoms with Crippen LogP contribution in [0.15, 0.2) is 53.6 Å². The Morgan fingerprint density at radius 2 is 2.12 bits per heavy atom. The van der Waals surface area contributed by atoms with Crippen LogP contribution in [-0.4, -0.2) is 30.4 Å². The van der Waals surface area contributed by atoms with E-state index in [1.165, 1.54) is 0 Å². The molecule has 0 aromatic carbocycles. The molecule has 0 radical (unpaired) electrons. The van der Waals surface area contributed by atoms with Crippen LogP contribution in [-0.2, 0) is 0 Å². The van der Waals surface area contributed by atoms with Crippen molar-refractivity contribution in [2.75, 3.05) is 0 Å². The number of nitrogens with zero attached hydrogens (tertiary/aromatic N) is 5. The summed E-state index contributed by atoms with van der Waals surface area (Å²) in [4.78, 5) is 25.2. The molecule has 26 heavy (non-hydrogen) atoms. The van der Waals surface area contributed by atoms with Crippen LogP contribution in [0.1, 0.15) is 34.9 Å². The molecule has 0 aliphatic heterocycles. The van der Waals surface area contributed by atoms with E-state index in [2.05, 4.69) is 25.4 Å². The van der Waals surface area contributed by atoms with E-state index in [1.54, 1.807) is 31.6 Å². The van der Waals surface area contributed by atoms with Crippen molar-refractivity contribution in [3.8, 4) is 11.4 Å². The number of fused-ring (bicyclic) bond motifs is 1. The van der Waals surface area contributed by atoms with Crippen molar-refractivity contribution < 1.29 is 9.32 Å². The Kier molecular flexibility index (Phi) is 3.92. The van der Waals surface area contributed by atoms with Crippen LogP contribution in [0.4, 0.5) is 0 Å². The second-order valence-electron chi connectivity index (χ2n) is 5.99. The van der Waals surface area contributed by atoms with E-state index in [9.17, 15) is 4.79 Å². The van der Waals surface area contributed by atoms with Gasteiger partial charge in [-0.2, -0.15) is 4.98 Å². The van der Waals surface area contributed by atoms with Gasteiger partial charge in [0.2, 0.25) is 11.7 Å². The highest BCUT2D eigenvalue weighted by atomic mass is 16.5. The number of aryl methyl sites for hydroxylation is 1. The first-order valence-corrected chi connectivity index (χ1v) is 8.10. The molecular weight excluding hydrogens is 332 g/mol. The molecule has 0 fully saturated rings. The standard InChI is InChI=1S/C18H16N6O2/c1-11-5-6-15-21-14(10-24(15)9-11)17(25)20-12(2)18-22-16(23-26-18)13-4-3-7-19-8-13/h3-10,12H,1-2H3,(H,20,25)/t12-/m1/s1. The number of carbonyl (C=O) groups is 1. The molecule has 0 spiro atoms. The lowest BCUT2D eigenvalue weighted by molar-refractivity contribution is 0.0928. The molecule has 8 nitrogen and oxygen atoms in total. The predicted molar refractivity (Wildman–Crippen MR) is 93.3 cm³/mol. The number of hydrogen-bond donors (Lipinski definition) is 1. The van der Waals surface area contributed by atoms with E-state index < -0.39 is 6.04 Å². The van der Waals surface area contributed by atoms with Gasteiger partial charge in [0.05, 0.1) is 0 Å². The molecule has 130 valence electrons. The van der Waals surface area contributed by atoms with Crippen molar-refractivity contribution in [3.63, 3.8) is 0 Å². The number of aromatic nitrogens is 5. The fourth-order valence-corrected chi connectivity index (χ4v) is 2.57. The summed E-state index contributed by atoms with van der Waals surface area (Å²) in [5.41, 5.74) is 2.88. The SMILES string of the molecule is Cc1ccc2nc(C(=O)N[C@H](C)c3nc(-c4cccnc4)no3)cn2c1. The summed E-state index contributed by atoms with van der Waals surface area (Å²) in [5.74, 6) is 0.439. The van der Waals surface area contributed by atoms with Gasteiger partial charge in [0.15, 0.2) is 0 Å². The Balaban J connectivity index is 1.51. The molecule has 0 saturated heterocycles. The molecule has 1 N–H and O–H groups in total. The number of hydrogen-bond acceptors (Lipinski definition) is 6. The summed E-state index contributed by atoms with van der Waals surface area (Å²) in [6, 6.07) is 7.00. The van der Waals surface area contributed by atoms with Crippen LogP contribution in [0.25, 0.3) is 17.0 Å². The van der Waals surface area contributed by atoms with Crippen molar-refractivity contribution in [2.24, 2.45) is 0 Å². The van der Waals surface area contributed by atoms with Gasteiger partial charge in [-0.05, 0) is 37.6 Å². The second kappa shape index (κ2) is 6.40. The molecule has 0 bridgehead atoms. The summed E-state index contributed by atoms with van der Waals surface area (Å²) < 4.78 is 7.08. The van der Waals surface area contributed by atoms with Crippen molar-refractivity contribution in [1.82, 2.24) is 29.8 Å². The Morgan fingerprint density at radius 1 is 1.23 bits per heavy atom. The maximum Gasteiger partial charge on any atom is 0.272 e. The maximum absolute atomic E-state index is 12.5. The zero-order chi connectivity index (χ0) is 18.1. The van der Waals surface area contributed by atoms with Crippen LogP contribution < -0.4 is 5.32 Å². The maximum atomic E-state index is 12.5. The van der Waals surface area contributed by atoms with E-state index in [-0.39, 0.29) is 5.91 Å². The lowest BCUT2D eigenvalue weighted by atomic mass is 10.2. The van der Waals surface area contributed by atoms with Gasteiger partial charge < -0.3 is 14.2 Å². The zero-order valence-corrected chi connectivity index (χ0v) is 14.2.